The summed E-state index contributed by atoms with van der Waals surface area (Å²) >= 11 is 0. The van der Waals surface area contributed by atoms with Crippen LogP contribution in [0.25, 0.3) is 0 Å². The molecule has 2 atom stereocenters. The van der Waals surface area contributed by atoms with E-state index in [1.54, 1.807) is 4.90 Å². The molecule has 0 aromatic rings. The number of hydrogen-bond acceptors (Lipinski definition) is 4. The first-order valence-electron chi connectivity index (χ1n) is 11.1. The number of nitrogens with one attached hydrogen (secondary N) is 1. The maximum atomic E-state index is 12.6. The molecule has 2 amide bonds. The summed E-state index contributed by atoms with van der Waals surface area (Å²) in [5, 5.41) is 3.16. The van der Waals surface area contributed by atoms with E-state index >= 15 is 0 Å². The second-order valence-electron chi connectivity index (χ2n) is 9.70. The molecule has 2 aliphatic rings. The standard InChI is InChI=1S/C22H40N2O4/c1-6-17(2)22(23-19(25)27-15-18-11-8-7-9-12-18)13-10-14-24(16-22)20(26)28-21(3,4)5/h17-18H,6-16H2,1-5H3,(H,23,25). The highest BCUT2D eigenvalue weighted by Crippen LogP contribution is 2.32. The van der Waals surface area contributed by atoms with Gasteiger partial charge in [-0.25, -0.2) is 9.59 Å². The van der Waals surface area contributed by atoms with Crippen LogP contribution in [0.15, 0.2) is 0 Å². The second kappa shape index (κ2) is 9.84. The minimum absolute atomic E-state index is 0.236. The van der Waals surface area contributed by atoms with Gasteiger partial charge in [-0.3, -0.25) is 0 Å². The molecular weight excluding hydrogens is 356 g/mol. The van der Waals surface area contributed by atoms with E-state index < -0.39 is 11.1 Å². The predicted molar refractivity (Wildman–Crippen MR) is 110 cm³/mol. The van der Waals surface area contributed by atoms with E-state index in [-0.39, 0.29) is 18.1 Å². The van der Waals surface area contributed by atoms with Crippen molar-refractivity contribution in [1.29, 1.82) is 0 Å². The Balaban J connectivity index is 1.99. The first-order chi connectivity index (χ1) is 13.1. The number of piperidine rings is 1. The highest BCUT2D eigenvalue weighted by Gasteiger charge is 2.43. The lowest BCUT2D eigenvalue weighted by Gasteiger charge is -2.46. The summed E-state index contributed by atoms with van der Waals surface area (Å²) in [6, 6.07) is 0. The zero-order chi connectivity index (χ0) is 20.8. The second-order valence-corrected chi connectivity index (χ2v) is 9.70. The van der Waals surface area contributed by atoms with Gasteiger partial charge >= 0.3 is 12.2 Å². The number of amides is 2. The first kappa shape index (κ1) is 22.8. The summed E-state index contributed by atoms with van der Waals surface area (Å²) in [5.41, 5.74) is -0.993. The Bertz CT molecular complexity index is 525. The SMILES string of the molecule is CCC(C)C1(NC(=O)OCC2CCCCC2)CCCN(C(=O)OC(C)(C)C)C1. The lowest BCUT2D eigenvalue weighted by atomic mass is 9.77. The van der Waals surface area contributed by atoms with E-state index in [2.05, 4.69) is 19.2 Å². The highest BCUT2D eigenvalue weighted by molar-refractivity contribution is 5.70. The van der Waals surface area contributed by atoms with Crippen LogP contribution < -0.4 is 5.32 Å². The third kappa shape index (κ3) is 6.56. The number of carbonyl (C=O) groups excluding carboxylic acids is 2. The Morgan fingerprint density at radius 3 is 2.46 bits per heavy atom. The average molecular weight is 397 g/mol. The summed E-state index contributed by atoms with van der Waals surface area (Å²) in [5.74, 6) is 0.726. The van der Waals surface area contributed by atoms with Gasteiger partial charge < -0.3 is 19.7 Å². The van der Waals surface area contributed by atoms with Crippen molar-refractivity contribution in [3.8, 4) is 0 Å². The molecule has 0 radical (unpaired) electrons. The van der Waals surface area contributed by atoms with Gasteiger partial charge in [-0.05, 0) is 58.3 Å². The van der Waals surface area contributed by atoms with Gasteiger partial charge in [0.25, 0.3) is 0 Å². The monoisotopic (exact) mass is 396 g/mol. The molecule has 1 saturated heterocycles. The van der Waals surface area contributed by atoms with Gasteiger partial charge in [-0.1, -0.05) is 39.5 Å². The van der Waals surface area contributed by atoms with Crippen LogP contribution in [0.5, 0.6) is 0 Å². The fourth-order valence-electron chi connectivity index (χ4n) is 4.37. The molecule has 1 aliphatic heterocycles. The maximum Gasteiger partial charge on any atom is 0.410 e. The molecule has 2 rings (SSSR count). The van der Waals surface area contributed by atoms with Crippen molar-refractivity contribution in [2.45, 2.75) is 97.1 Å². The molecule has 0 aromatic carbocycles. The van der Waals surface area contributed by atoms with E-state index in [1.807, 2.05) is 20.8 Å². The normalized spacial score (nSPS) is 25.1. The molecule has 1 heterocycles. The third-order valence-corrected chi connectivity index (χ3v) is 6.26. The molecule has 2 unspecified atom stereocenters. The number of likely N-dealkylation sites (tertiary alicyclic amines) is 1. The van der Waals surface area contributed by atoms with Gasteiger partial charge in [0, 0.05) is 13.1 Å². The van der Waals surface area contributed by atoms with Crippen molar-refractivity contribution < 1.29 is 19.1 Å². The molecule has 162 valence electrons. The molecule has 0 spiro atoms. The fraction of sp³-hybridized carbons (Fsp3) is 0.909. The first-order valence-corrected chi connectivity index (χ1v) is 11.1. The van der Waals surface area contributed by atoms with Crippen molar-refractivity contribution in [2.24, 2.45) is 11.8 Å². The topological polar surface area (TPSA) is 67.9 Å². The molecule has 2 fully saturated rings. The molecule has 0 aromatic heterocycles. The lowest BCUT2D eigenvalue weighted by Crippen LogP contribution is -2.63. The van der Waals surface area contributed by atoms with Gasteiger partial charge in [0.15, 0.2) is 0 Å². The molecule has 1 N–H and O–H groups in total. The number of ether oxygens (including phenoxy) is 2. The molecule has 6 heteroatoms. The van der Waals surface area contributed by atoms with Gasteiger partial charge in [0.2, 0.25) is 0 Å². The van der Waals surface area contributed by atoms with Crippen molar-refractivity contribution in [1.82, 2.24) is 10.2 Å². The third-order valence-electron chi connectivity index (χ3n) is 6.26. The Kier molecular flexibility index (Phi) is 8.02. The van der Waals surface area contributed by atoms with Gasteiger partial charge in [-0.15, -0.1) is 0 Å². The number of alkyl carbamates (subject to hydrolysis) is 1. The fourth-order valence-corrected chi connectivity index (χ4v) is 4.37. The van der Waals surface area contributed by atoms with Crippen LogP contribution in [0.4, 0.5) is 9.59 Å². The average Bonchev–Trinajstić information content (AvgIpc) is 2.65. The Morgan fingerprint density at radius 1 is 1.18 bits per heavy atom. The molecular formula is C22H40N2O4. The number of rotatable bonds is 5. The van der Waals surface area contributed by atoms with Crippen molar-refractivity contribution in [2.75, 3.05) is 19.7 Å². The zero-order valence-electron chi connectivity index (χ0n) is 18.5. The van der Waals surface area contributed by atoms with Crippen LogP contribution in [-0.2, 0) is 9.47 Å². The lowest BCUT2D eigenvalue weighted by molar-refractivity contribution is 0.00285. The molecule has 1 aliphatic carbocycles. The molecule has 1 saturated carbocycles. The molecule has 0 bridgehead atoms. The van der Waals surface area contributed by atoms with Crippen molar-refractivity contribution in [3.63, 3.8) is 0 Å². The minimum Gasteiger partial charge on any atom is -0.449 e. The number of nitrogens with zero attached hydrogens (tertiary/aromatic N) is 1. The summed E-state index contributed by atoms with van der Waals surface area (Å²) < 4.78 is 11.2. The summed E-state index contributed by atoms with van der Waals surface area (Å²) in [4.78, 5) is 26.9. The zero-order valence-corrected chi connectivity index (χ0v) is 18.5. The van der Waals surface area contributed by atoms with E-state index in [1.165, 1.54) is 19.3 Å². The van der Waals surface area contributed by atoms with Crippen LogP contribution >= 0.6 is 0 Å². The molecule has 28 heavy (non-hydrogen) atoms. The predicted octanol–water partition coefficient (Wildman–Crippen LogP) is 5.11. The van der Waals surface area contributed by atoms with Crippen LogP contribution in [0.2, 0.25) is 0 Å². The highest BCUT2D eigenvalue weighted by atomic mass is 16.6. The van der Waals surface area contributed by atoms with E-state index in [0.29, 0.717) is 25.6 Å². The Labute approximate surface area is 170 Å². The molecule has 6 nitrogen and oxygen atoms in total. The number of hydrogen-bond donors (Lipinski definition) is 1. The number of carbonyl (C=O) groups is 2. The van der Waals surface area contributed by atoms with Crippen LogP contribution in [0, 0.1) is 11.8 Å². The summed E-state index contributed by atoms with van der Waals surface area (Å²) in [6.07, 6.45) is 8.01. The van der Waals surface area contributed by atoms with Crippen molar-refractivity contribution in [3.05, 3.63) is 0 Å². The summed E-state index contributed by atoms with van der Waals surface area (Å²) in [7, 11) is 0. The van der Waals surface area contributed by atoms with Gasteiger partial charge in [0.05, 0.1) is 12.1 Å². The van der Waals surface area contributed by atoms with Crippen LogP contribution in [0.3, 0.4) is 0 Å². The minimum atomic E-state index is -0.528. The Hall–Kier alpha value is -1.46. The maximum absolute atomic E-state index is 12.6. The summed E-state index contributed by atoms with van der Waals surface area (Å²) in [6.45, 7) is 11.5. The van der Waals surface area contributed by atoms with E-state index in [0.717, 1.165) is 32.1 Å². The smallest absolute Gasteiger partial charge is 0.410 e. The van der Waals surface area contributed by atoms with Gasteiger partial charge in [0.1, 0.15) is 5.60 Å². The van der Waals surface area contributed by atoms with Crippen LogP contribution in [-0.4, -0.2) is 47.9 Å². The van der Waals surface area contributed by atoms with E-state index in [9.17, 15) is 9.59 Å². The quantitative estimate of drug-likeness (QED) is 0.701. The largest absolute Gasteiger partial charge is 0.449 e. The van der Waals surface area contributed by atoms with E-state index in [4.69, 9.17) is 9.47 Å². The van der Waals surface area contributed by atoms with Gasteiger partial charge in [-0.2, -0.15) is 0 Å². The van der Waals surface area contributed by atoms with Crippen molar-refractivity contribution >= 4 is 12.2 Å². The van der Waals surface area contributed by atoms with Crippen LogP contribution in [0.1, 0.15) is 86.0 Å². The Morgan fingerprint density at radius 2 is 1.86 bits per heavy atom.